The molecule has 1 aromatic rings. The van der Waals surface area contributed by atoms with Gasteiger partial charge < -0.3 is 10.8 Å². The topological polar surface area (TPSA) is 46.2 Å². The van der Waals surface area contributed by atoms with E-state index in [1.807, 2.05) is 0 Å². The Labute approximate surface area is 109 Å². The second-order valence-electron chi connectivity index (χ2n) is 3.99. The second-order valence-corrected chi connectivity index (χ2v) is 4.84. The van der Waals surface area contributed by atoms with Crippen molar-refractivity contribution < 1.29 is 9.50 Å². The van der Waals surface area contributed by atoms with Gasteiger partial charge in [-0.2, -0.15) is 0 Å². The van der Waals surface area contributed by atoms with Gasteiger partial charge in [0.2, 0.25) is 0 Å². The highest BCUT2D eigenvalue weighted by Crippen LogP contribution is 2.39. The van der Waals surface area contributed by atoms with E-state index in [-0.39, 0.29) is 24.1 Å². The molecule has 90 valence electrons. The molecule has 0 amide bonds. The third-order valence-electron chi connectivity index (χ3n) is 2.81. The molecular weight excluding hydrogens is 296 g/mol. The zero-order valence-corrected chi connectivity index (χ0v) is 11.0. The number of halogens is 3. The molecule has 0 aliphatic heterocycles. The SMILES string of the molecule is Cl.N[C@@H](c1c(F)cccc1Br)[C@H](O)C1CC1. The standard InChI is InChI=1S/C11H13BrFNO.ClH/c12-7-2-1-3-8(13)9(7)10(14)11(15)6-4-5-6;/h1-3,6,10-11,15H,4-5,14H2;1H/t10-,11+;/m0./s1. The minimum Gasteiger partial charge on any atom is -0.391 e. The van der Waals surface area contributed by atoms with Gasteiger partial charge >= 0.3 is 0 Å². The van der Waals surface area contributed by atoms with E-state index in [1.165, 1.54) is 6.07 Å². The van der Waals surface area contributed by atoms with Crippen LogP contribution in [-0.4, -0.2) is 11.2 Å². The Bertz CT molecular complexity index is 353. The Morgan fingerprint density at radius 3 is 2.56 bits per heavy atom. The fourth-order valence-corrected chi connectivity index (χ4v) is 2.34. The van der Waals surface area contributed by atoms with Gasteiger partial charge in [0, 0.05) is 10.0 Å². The highest BCUT2D eigenvalue weighted by Gasteiger charge is 2.35. The molecule has 0 radical (unpaired) electrons. The number of nitrogens with two attached hydrogens (primary N) is 1. The summed E-state index contributed by atoms with van der Waals surface area (Å²) in [7, 11) is 0. The zero-order valence-electron chi connectivity index (χ0n) is 8.57. The van der Waals surface area contributed by atoms with Crippen molar-refractivity contribution in [3.8, 4) is 0 Å². The van der Waals surface area contributed by atoms with Crippen LogP contribution in [0.5, 0.6) is 0 Å². The maximum absolute atomic E-state index is 13.5. The second kappa shape index (κ2) is 5.45. The largest absolute Gasteiger partial charge is 0.391 e. The van der Waals surface area contributed by atoms with Crippen LogP contribution < -0.4 is 5.73 Å². The predicted molar refractivity (Wildman–Crippen MR) is 67.0 cm³/mol. The highest BCUT2D eigenvalue weighted by atomic mass is 79.9. The van der Waals surface area contributed by atoms with Crippen LogP contribution in [0.3, 0.4) is 0 Å². The molecule has 1 aliphatic carbocycles. The molecule has 0 saturated heterocycles. The molecule has 0 heterocycles. The normalized spacial score (nSPS) is 18.8. The number of rotatable bonds is 3. The Morgan fingerprint density at radius 1 is 1.44 bits per heavy atom. The van der Waals surface area contributed by atoms with Crippen molar-refractivity contribution in [2.75, 3.05) is 0 Å². The van der Waals surface area contributed by atoms with Crippen LogP contribution in [0.15, 0.2) is 22.7 Å². The average Bonchev–Trinajstić information content (AvgIpc) is 2.99. The monoisotopic (exact) mass is 309 g/mol. The van der Waals surface area contributed by atoms with Crippen LogP contribution >= 0.6 is 28.3 Å². The van der Waals surface area contributed by atoms with E-state index >= 15 is 0 Å². The number of aliphatic hydroxyl groups is 1. The predicted octanol–water partition coefficient (Wildman–Crippen LogP) is 2.78. The molecule has 0 bridgehead atoms. The maximum Gasteiger partial charge on any atom is 0.129 e. The number of hydrogen-bond acceptors (Lipinski definition) is 2. The molecule has 2 nitrogen and oxygen atoms in total. The quantitative estimate of drug-likeness (QED) is 0.902. The van der Waals surface area contributed by atoms with Crippen molar-refractivity contribution in [2.45, 2.75) is 25.0 Å². The molecule has 0 unspecified atom stereocenters. The Balaban J connectivity index is 0.00000128. The molecule has 5 heteroatoms. The Morgan fingerprint density at radius 2 is 2.06 bits per heavy atom. The first kappa shape index (κ1) is 13.9. The summed E-state index contributed by atoms with van der Waals surface area (Å²) in [6.45, 7) is 0. The lowest BCUT2D eigenvalue weighted by molar-refractivity contribution is 0.120. The van der Waals surface area contributed by atoms with Crippen LogP contribution in [0.4, 0.5) is 4.39 Å². The van der Waals surface area contributed by atoms with Crippen molar-refractivity contribution >= 4 is 28.3 Å². The first-order valence-corrected chi connectivity index (χ1v) is 5.78. The summed E-state index contributed by atoms with van der Waals surface area (Å²) in [4.78, 5) is 0. The summed E-state index contributed by atoms with van der Waals surface area (Å²) in [5, 5.41) is 9.85. The molecule has 2 rings (SSSR count). The average molecular weight is 311 g/mol. The van der Waals surface area contributed by atoms with E-state index in [4.69, 9.17) is 5.73 Å². The molecule has 2 atom stereocenters. The van der Waals surface area contributed by atoms with E-state index in [9.17, 15) is 9.50 Å². The van der Waals surface area contributed by atoms with Crippen molar-refractivity contribution in [1.82, 2.24) is 0 Å². The first-order valence-electron chi connectivity index (χ1n) is 4.99. The van der Waals surface area contributed by atoms with Crippen LogP contribution in [0.25, 0.3) is 0 Å². The zero-order chi connectivity index (χ0) is 11.0. The summed E-state index contributed by atoms with van der Waals surface area (Å²) in [6, 6.07) is 4.06. The molecule has 0 spiro atoms. The lowest BCUT2D eigenvalue weighted by Crippen LogP contribution is -2.29. The minimum absolute atomic E-state index is 0. The van der Waals surface area contributed by atoms with Gasteiger partial charge in [0.1, 0.15) is 5.82 Å². The van der Waals surface area contributed by atoms with Crippen LogP contribution in [0, 0.1) is 11.7 Å². The van der Waals surface area contributed by atoms with E-state index in [0.29, 0.717) is 10.0 Å². The molecule has 16 heavy (non-hydrogen) atoms. The molecule has 3 N–H and O–H groups in total. The molecule has 1 saturated carbocycles. The molecule has 1 aliphatic rings. The van der Waals surface area contributed by atoms with E-state index in [2.05, 4.69) is 15.9 Å². The van der Waals surface area contributed by atoms with E-state index < -0.39 is 12.1 Å². The Hall–Kier alpha value is -0.160. The number of aliphatic hydroxyl groups excluding tert-OH is 1. The summed E-state index contributed by atoms with van der Waals surface area (Å²) in [5.74, 6) is -0.122. The van der Waals surface area contributed by atoms with Gasteiger partial charge in [0.05, 0.1) is 12.1 Å². The molecule has 0 aromatic heterocycles. The van der Waals surface area contributed by atoms with Gasteiger partial charge in [-0.1, -0.05) is 22.0 Å². The van der Waals surface area contributed by atoms with Crippen LogP contribution in [-0.2, 0) is 0 Å². The van der Waals surface area contributed by atoms with E-state index in [0.717, 1.165) is 12.8 Å². The van der Waals surface area contributed by atoms with Crippen LogP contribution in [0.1, 0.15) is 24.4 Å². The smallest absolute Gasteiger partial charge is 0.129 e. The first-order chi connectivity index (χ1) is 7.11. The van der Waals surface area contributed by atoms with Crippen molar-refractivity contribution in [3.05, 3.63) is 34.1 Å². The number of benzene rings is 1. The molecule has 1 fully saturated rings. The summed E-state index contributed by atoms with van der Waals surface area (Å²) < 4.78 is 14.1. The van der Waals surface area contributed by atoms with E-state index in [1.54, 1.807) is 12.1 Å². The minimum atomic E-state index is -0.645. The Kier molecular flexibility index (Phi) is 4.73. The van der Waals surface area contributed by atoms with Crippen molar-refractivity contribution in [2.24, 2.45) is 11.7 Å². The van der Waals surface area contributed by atoms with Gasteiger partial charge in [-0.3, -0.25) is 0 Å². The lowest BCUT2D eigenvalue weighted by atomic mass is 9.99. The summed E-state index contributed by atoms with van der Waals surface area (Å²) in [6.07, 6.45) is 1.33. The third-order valence-corrected chi connectivity index (χ3v) is 3.50. The fraction of sp³-hybridized carbons (Fsp3) is 0.455. The van der Waals surface area contributed by atoms with Crippen molar-refractivity contribution in [1.29, 1.82) is 0 Å². The molecule has 1 aromatic carbocycles. The summed E-state index contributed by atoms with van der Waals surface area (Å²) >= 11 is 3.25. The number of hydrogen-bond donors (Lipinski definition) is 2. The van der Waals surface area contributed by atoms with Gasteiger partial charge in [-0.25, -0.2) is 4.39 Å². The molecular formula is C11H14BrClFNO. The third kappa shape index (κ3) is 2.74. The van der Waals surface area contributed by atoms with Crippen molar-refractivity contribution in [3.63, 3.8) is 0 Å². The van der Waals surface area contributed by atoms with Gasteiger partial charge in [-0.05, 0) is 30.9 Å². The van der Waals surface area contributed by atoms with Gasteiger partial charge in [0.15, 0.2) is 0 Å². The highest BCUT2D eigenvalue weighted by molar-refractivity contribution is 9.10. The van der Waals surface area contributed by atoms with Crippen LogP contribution in [0.2, 0.25) is 0 Å². The van der Waals surface area contributed by atoms with Gasteiger partial charge in [0.25, 0.3) is 0 Å². The summed E-state index contributed by atoms with van der Waals surface area (Å²) in [5.41, 5.74) is 6.23. The maximum atomic E-state index is 13.5. The fourth-order valence-electron chi connectivity index (χ4n) is 1.73. The lowest BCUT2D eigenvalue weighted by Gasteiger charge is -2.20. The van der Waals surface area contributed by atoms with Gasteiger partial charge in [-0.15, -0.1) is 12.4 Å².